The van der Waals surface area contributed by atoms with E-state index in [0.717, 1.165) is 49.8 Å². The van der Waals surface area contributed by atoms with E-state index >= 15 is 0 Å². The first-order valence-electron chi connectivity index (χ1n) is 8.29. The molecule has 2 aliphatic rings. The normalized spacial score (nSPS) is 23.1. The molecule has 2 aromatic heterocycles. The number of nitrogens with one attached hydrogen (secondary N) is 3. The lowest BCUT2D eigenvalue weighted by Gasteiger charge is -2.40. The summed E-state index contributed by atoms with van der Waals surface area (Å²) >= 11 is 0. The topological polar surface area (TPSA) is 113 Å². The average molecular weight is 337 g/mol. The molecule has 2 aromatic rings. The van der Waals surface area contributed by atoms with Crippen LogP contribution in [0.3, 0.4) is 0 Å². The molecular formula is C17H19N7O. The second-order valence-corrected chi connectivity index (χ2v) is 6.39. The van der Waals surface area contributed by atoms with Gasteiger partial charge >= 0.3 is 0 Å². The van der Waals surface area contributed by atoms with E-state index in [9.17, 15) is 4.79 Å². The van der Waals surface area contributed by atoms with Gasteiger partial charge in [-0.2, -0.15) is 0 Å². The zero-order valence-corrected chi connectivity index (χ0v) is 13.6. The first-order chi connectivity index (χ1) is 12.2. The van der Waals surface area contributed by atoms with Crippen LogP contribution in [0.4, 0.5) is 5.69 Å². The number of nitrogens with zero attached hydrogens (tertiary/aromatic N) is 4. The third-order valence-electron chi connectivity index (χ3n) is 5.06. The molecule has 128 valence electrons. The quantitative estimate of drug-likeness (QED) is 0.566. The standard InChI is InChI=1S/C17H19N7O/c18-5-3-11(7-19)16-21-15-14(4-6-20-17(15)22-16)23-8-12-1-2-13(9-23)24(12)10-25/h3-7,10,12-13,18-19H,1-2,8-9H2,(H,20,21,22)/b11-3+,18-5?,19-7?. The van der Waals surface area contributed by atoms with E-state index in [4.69, 9.17) is 10.8 Å². The van der Waals surface area contributed by atoms with Gasteiger partial charge in [0.25, 0.3) is 0 Å². The number of piperazine rings is 1. The number of hydrogen-bond donors (Lipinski definition) is 3. The maximum atomic E-state index is 11.3. The third-order valence-corrected chi connectivity index (χ3v) is 5.06. The molecular weight excluding hydrogens is 318 g/mol. The number of allylic oxidation sites excluding steroid dienone is 2. The van der Waals surface area contributed by atoms with Gasteiger partial charge in [0, 0.05) is 49.4 Å². The fourth-order valence-corrected chi connectivity index (χ4v) is 3.89. The smallest absolute Gasteiger partial charge is 0.210 e. The molecule has 4 rings (SSSR count). The first-order valence-corrected chi connectivity index (χ1v) is 8.29. The Hall–Kier alpha value is -3.03. The Morgan fingerprint density at radius 1 is 1.28 bits per heavy atom. The Bertz CT molecular complexity index is 857. The minimum absolute atomic E-state index is 0.261. The van der Waals surface area contributed by atoms with Crippen LogP contribution in [0, 0.1) is 10.8 Å². The highest BCUT2D eigenvalue weighted by molar-refractivity contribution is 6.11. The molecule has 8 nitrogen and oxygen atoms in total. The van der Waals surface area contributed by atoms with Crippen molar-refractivity contribution in [2.24, 2.45) is 0 Å². The summed E-state index contributed by atoms with van der Waals surface area (Å²) in [5.74, 6) is 0.531. The molecule has 0 spiro atoms. The highest BCUT2D eigenvalue weighted by Crippen LogP contribution is 2.33. The van der Waals surface area contributed by atoms with Crippen molar-refractivity contribution in [3.05, 3.63) is 24.2 Å². The van der Waals surface area contributed by atoms with E-state index < -0.39 is 0 Å². The number of rotatable bonds is 5. The van der Waals surface area contributed by atoms with Crippen molar-refractivity contribution >= 4 is 41.3 Å². The van der Waals surface area contributed by atoms with E-state index in [1.54, 1.807) is 6.20 Å². The largest absolute Gasteiger partial charge is 0.366 e. The second-order valence-electron chi connectivity index (χ2n) is 6.39. The molecule has 2 aliphatic heterocycles. The van der Waals surface area contributed by atoms with Crippen LogP contribution in [-0.4, -0.2) is 63.9 Å². The number of aromatic amines is 1. The number of hydrogen-bond acceptors (Lipinski definition) is 6. The lowest BCUT2D eigenvalue weighted by Crippen LogP contribution is -2.53. The summed E-state index contributed by atoms with van der Waals surface area (Å²) in [6.45, 7) is 1.60. The number of anilines is 1. The summed E-state index contributed by atoms with van der Waals surface area (Å²) < 4.78 is 0. The van der Waals surface area contributed by atoms with Crippen molar-refractivity contribution in [3.63, 3.8) is 0 Å². The Morgan fingerprint density at radius 2 is 2.04 bits per heavy atom. The Labute approximate surface area is 144 Å². The molecule has 2 unspecified atom stereocenters. The minimum atomic E-state index is 0.261. The fourth-order valence-electron chi connectivity index (χ4n) is 3.89. The van der Waals surface area contributed by atoms with Gasteiger partial charge < -0.3 is 25.6 Å². The molecule has 0 aromatic carbocycles. The summed E-state index contributed by atoms with van der Waals surface area (Å²) in [6, 6.07) is 2.48. The Morgan fingerprint density at radius 3 is 2.68 bits per heavy atom. The van der Waals surface area contributed by atoms with Crippen LogP contribution in [0.25, 0.3) is 16.7 Å². The highest BCUT2D eigenvalue weighted by atomic mass is 16.1. The van der Waals surface area contributed by atoms with Crippen LogP contribution in [-0.2, 0) is 4.79 Å². The summed E-state index contributed by atoms with van der Waals surface area (Å²) in [5, 5.41) is 14.7. The van der Waals surface area contributed by atoms with Gasteiger partial charge in [-0.1, -0.05) is 0 Å². The zero-order valence-electron chi connectivity index (χ0n) is 13.6. The second kappa shape index (κ2) is 6.12. The number of H-pyrrole nitrogens is 1. The summed E-state index contributed by atoms with van der Waals surface area (Å²) in [5.41, 5.74) is 2.97. The van der Waals surface area contributed by atoms with Crippen LogP contribution in [0.2, 0.25) is 0 Å². The molecule has 2 bridgehead atoms. The summed E-state index contributed by atoms with van der Waals surface area (Å²) in [4.78, 5) is 27.6. The zero-order chi connectivity index (χ0) is 17.4. The number of amides is 1. The first kappa shape index (κ1) is 15.5. The van der Waals surface area contributed by atoms with Crippen LogP contribution in [0.15, 0.2) is 18.3 Å². The average Bonchev–Trinajstić information content (AvgIpc) is 3.17. The lowest BCUT2D eigenvalue weighted by molar-refractivity contribution is -0.121. The number of aromatic nitrogens is 3. The molecule has 2 fully saturated rings. The molecule has 0 radical (unpaired) electrons. The monoisotopic (exact) mass is 337 g/mol. The van der Waals surface area contributed by atoms with E-state index in [0.29, 0.717) is 17.0 Å². The van der Waals surface area contributed by atoms with Gasteiger partial charge in [0.15, 0.2) is 5.65 Å². The van der Waals surface area contributed by atoms with Crippen molar-refractivity contribution in [3.8, 4) is 0 Å². The fraction of sp³-hybridized carbons (Fsp3) is 0.353. The van der Waals surface area contributed by atoms with Crippen molar-refractivity contribution in [2.45, 2.75) is 24.9 Å². The number of carbonyl (C=O) groups is 1. The van der Waals surface area contributed by atoms with Gasteiger partial charge in [-0.3, -0.25) is 4.79 Å². The van der Waals surface area contributed by atoms with Gasteiger partial charge in [-0.15, -0.1) is 0 Å². The predicted octanol–water partition coefficient (Wildman–Crippen LogP) is 1.45. The van der Waals surface area contributed by atoms with E-state index in [2.05, 4.69) is 19.9 Å². The van der Waals surface area contributed by atoms with Gasteiger partial charge in [0.1, 0.15) is 11.3 Å². The number of pyridine rings is 1. The van der Waals surface area contributed by atoms with Crippen molar-refractivity contribution in [1.82, 2.24) is 19.9 Å². The van der Waals surface area contributed by atoms with Gasteiger partial charge in [-0.25, -0.2) is 9.97 Å². The van der Waals surface area contributed by atoms with Crippen LogP contribution in [0.5, 0.6) is 0 Å². The van der Waals surface area contributed by atoms with Crippen LogP contribution >= 0.6 is 0 Å². The molecule has 0 aliphatic carbocycles. The van der Waals surface area contributed by atoms with E-state index in [1.807, 2.05) is 11.0 Å². The molecule has 2 saturated heterocycles. The Balaban J connectivity index is 1.72. The van der Waals surface area contributed by atoms with Gasteiger partial charge in [0.05, 0.1) is 5.69 Å². The lowest BCUT2D eigenvalue weighted by atomic mass is 10.2. The Kier molecular flexibility index (Phi) is 3.79. The highest BCUT2D eigenvalue weighted by Gasteiger charge is 2.39. The summed E-state index contributed by atoms with van der Waals surface area (Å²) in [6.07, 6.45) is 8.64. The predicted molar refractivity (Wildman–Crippen MR) is 96.4 cm³/mol. The summed E-state index contributed by atoms with van der Waals surface area (Å²) in [7, 11) is 0. The van der Waals surface area contributed by atoms with E-state index in [1.165, 1.54) is 12.3 Å². The third kappa shape index (κ3) is 2.50. The van der Waals surface area contributed by atoms with E-state index in [-0.39, 0.29) is 12.1 Å². The number of imidazole rings is 1. The molecule has 1 amide bonds. The van der Waals surface area contributed by atoms with Gasteiger partial charge in [-0.05, 0) is 25.0 Å². The van der Waals surface area contributed by atoms with Crippen molar-refractivity contribution in [1.29, 1.82) is 10.8 Å². The van der Waals surface area contributed by atoms with Crippen LogP contribution < -0.4 is 4.90 Å². The maximum absolute atomic E-state index is 11.3. The molecule has 25 heavy (non-hydrogen) atoms. The molecule has 3 N–H and O–H groups in total. The molecule has 2 atom stereocenters. The SMILES string of the molecule is N=C/C=C(\C=N)c1nc2nccc(N3CC4CCC(C3)N4C=O)c2[nH]1. The van der Waals surface area contributed by atoms with Gasteiger partial charge in [0.2, 0.25) is 6.41 Å². The molecule has 8 heteroatoms. The molecule has 0 saturated carbocycles. The van der Waals surface area contributed by atoms with Crippen LogP contribution in [0.1, 0.15) is 18.7 Å². The number of carbonyl (C=O) groups excluding carboxylic acids is 1. The van der Waals surface area contributed by atoms with Crippen molar-refractivity contribution in [2.75, 3.05) is 18.0 Å². The number of fused-ring (bicyclic) bond motifs is 3. The maximum Gasteiger partial charge on any atom is 0.210 e. The minimum Gasteiger partial charge on any atom is -0.366 e. The van der Waals surface area contributed by atoms with Crippen molar-refractivity contribution < 1.29 is 4.79 Å². The molecule has 4 heterocycles.